The van der Waals surface area contributed by atoms with Gasteiger partial charge in [-0.15, -0.1) is 0 Å². The summed E-state index contributed by atoms with van der Waals surface area (Å²) in [6.45, 7) is 8.19. The third kappa shape index (κ3) is 2.55. The lowest BCUT2D eigenvalue weighted by atomic mass is 9.72. The van der Waals surface area contributed by atoms with Crippen LogP contribution in [0.1, 0.15) is 42.9 Å². The molecule has 1 aliphatic rings. The Morgan fingerprint density at radius 2 is 1.74 bits per heavy atom. The molecule has 1 heterocycles. The maximum atomic E-state index is 12.1. The van der Waals surface area contributed by atoms with Crippen molar-refractivity contribution in [3.05, 3.63) is 34.9 Å². The van der Waals surface area contributed by atoms with E-state index in [-0.39, 0.29) is 29.6 Å². The van der Waals surface area contributed by atoms with Crippen LogP contribution in [-0.2, 0) is 9.59 Å². The van der Waals surface area contributed by atoms with Gasteiger partial charge in [0.15, 0.2) is 0 Å². The fourth-order valence-electron chi connectivity index (χ4n) is 3.24. The van der Waals surface area contributed by atoms with Crippen LogP contribution < -0.4 is 5.32 Å². The maximum Gasteiger partial charge on any atom is 0.230 e. The minimum atomic E-state index is -0.158. The SMILES string of the molecule is Cc1cccc(C)c1C1CC(=O)NC(=O)C1C(C)C. The normalized spacial score (nSPS) is 23.6. The third-order valence-electron chi connectivity index (χ3n) is 4.04. The Hall–Kier alpha value is -1.64. The van der Waals surface area contributed by atoms with Gasteiger partial charge in [0.1, 0.15) is 0 Å². The minimum Gasteiger partial charge on any atom is -0.296 e. The van der Waals surface area contributed by atoms with Gasteiger partial charge in [-0.1, -0.05) is 32.0 Å². The van der Waals surface area contributed by atoms with E-state index in [1.807, 2.05) is 19.9 Å². The van der Waals surface area contributed by atoms with Crippen LogP contribution in [0.5, 0.6) is 0 Å². The largest absolute Gasteiger partial charge is 0.296 e. The van der Waals surface area contributed by atoms with Gasteiger partial charge >= 0.3 is 0 Å². The molecule has 2 atom stereocenters. The van der Waals surface area contributed by atoms with Crippen molar-refractivity contribution in [1.82, 2.24) is 5.32 Å². The van der Waals surface area contributed by atoms with Crippen LogP contribution in [0.3, 0.4) is 0 Å². The van der Waals surface area contributed by atoms with Crippen LogP contribution in [0.25, 0.3) is 0 Å². The number of aryl methyl sites for hydroxylation is 2. The number of nitrogens with one attached hydrogen (secondary N) is 1. The average molecular weight is 259 g/mol. The Morgan fingerprint density at radius 3 is 2.26 bits per heavy atom. The summed E-state index contributed by atoms with van der Waals surface area (Å²) in [5, 5.41) is 2.47. The molecule has 1 saturated heterocycles. The zero-order chi connectivity index (χ0) is 14.2. The van der Waals surface area contributed by atoms with E-state index >= 15 is 0 Å². The molecular formula is C16H21NO2. The van der Waals surface area contributed by atoms with Crippen molar-refractivity contribution in [1.29, 1.82) is 0 Å². The molecule has 3 nitrogen and oxygen atoms in total. The fourth-order valence-corrected chi connectivity index (χ4v) is 3.24. The third-order valence-corrected chi connectivity index (χ3v) is 4.04. The van der Waals surface area contributed by atoms with Crippen LogP contribution in [0.15, 0.2) is 18.2 Å². The van der Waals surface area contributed by atoms with Gasteiger partial charge in [-0.25, -0.2) is 0 Å². The number of piperidine rings is 1. The van der Waals surface area contributed by atoms with Gasteiger partial charge in [-0.2, -0.15) is 0 Å². The zero-order valence-electron chi connectivity index (χ0n) is 12.0. The van der Waals surface area contributed by atoms with Crippen molar-refractivity contribution in [2.75, 3.05) is 0 Å². The van der Waals surface area contributed by atoms with Crippen LogP contribution in [0, 0.1) is 25.7 Å². The minimum absolute atomic E-state index is 0.00227. The monoisotopic (exact) mass is 259 g/mol. The van der Waals surface area contributed by atoms with Gasteiger partial charge < -0.3 is 0 Å². The number of hydrogen-bond donors (Lipinski definition) is 1. The van der Waals surface area contributed by atoms with E-state index in [1.54, 1.807) is 0 Å². The van der Waals surface area contributed by atoms with E-state index in [0.29, 0.717) is 6.42 Å². The molecule has 1 aromatic carbocycles. The van der Waals surface area contributed by atoms with E-state index in [4.69, 9.17) is 0 Å². The fraction of sp³-hybridized carbons (Fsp3) is 0.500. The molecule has 2 amide bonds. The summed E-state index contributed by atoms with van der Waals surface area (Å²) >= 11 is 0. The van der Waals surface area contributed by atoms with Crippen LogP contribution in [0.4, 0.5) is 0 Å². The van der Waals surface area contributed by atoms with Gasteiger partial charge in [0.05, 0.1) is 0 Å². The number of benzene rings is 1. The number of carbonyl (C=O) groups is 2. The molecule has 102 valence electrons. The van der Waals surface area contributed by atoms with Gasteiger partial charge in [-0.05, 0) is 36.5 Å². The smallest absolute Gasteiger partial charge is 0.230 e. The standard InChI is InChI=1S/C16H21NO2/c1-9(2)14-12(8-13(18)17-16(14)19)15-10(3)6-5-7-11(15)4/h5-7,9,12,14H,8H2,1-4H3,(H,17,18,19). The summed E-state index contributed by atoms with van der Waals surface area (Å²) in [5.74, 6) is -0.189. The highest BCUT2D eigenvalue weighted by atomic mass is 16.2. The van der Waals surface area contributed by atoms with Crippen molar-refractivity contribution in [3.63, 3.8) is 0 Å². The first kappa shape index (κ1) is 13.8. The molecule has 2 rings (SSSR count). The molecular weight excluding hydrogens is 238 g/mol. The van der Waals surface area contributed by atoms with Crippen LogP contribution in [-0.4, -0.2) is 11.8 Å². The predicted molar refractivity (Wildman–Crippen MR) is 74.8 cm³/mol. The molecule has 2 unspecified atom stereocenters. The predicted octanol–water partition coefficient (Wildman–Crippen LogP) is 2.71. The Morgan fingerprint density at radius 1 is 1.16 bits per heavy atom. The van der Waals surface area contributed by atoms with Gasteiger partial charge in [0.2, 0.25) is 11.8 Å². The molecule has 0 aliphatic carbocycles. The van der Waals surface area contributed by atoms with E-state index in [9.17, 15) is 9.59 Å². The summed E-state index contributed by atoms with van der Waals surface area (Å²) in [7, 11) is 0. The zero-order valence-corrected chi connectivity index (χ0v) is 12.0. The highest BCUT2D eigenvalue weighted by molar-refractivity contribution is 6.00. The molecule has 1 aliphatic heterocycles. The lowest BCUT2D eigenvalue weighted by Crippen LogP contribution is -2.47. The Kier molecular flexibility index (Phi) is 3.74. The second kappa shape index (κ2) is 5.16. The molecule has 0 aromatic heterocycles. The quantitative estimate of drug-likeness (QED) is 0.830. The number of amides is 2. The summed E-state index contributed by atoms with van der Waals surface area (Å²) in [6.07, 6.45) is 0.403. The van der Waals surface area contributed by atoms with E-state index in [1.165, 1.54) is 5.56 Å². The van der Waals surface area contributed by atoms with E-state index in [0.717, 1.165) is 11.1 Å². The van der Waals surface area contributed by atoms with Gasteiger partial charge in [0.25, 0.3) is 0 Å². The van der Waals surface area contributed by atoms with Crippen molar-refractivity contribution in [3.8, 4) is 0 Å². The molecule has 1 fully saturated rings. The molecule has 3 heteroatoms. The second-order valence-corrected chi connectivity index (χ2v) is 5.80. The highest BCUT2D eigenvalue weighted by Gasteiger charge is 2.39. The summed E-state index contributed by atoms with van der Waals surface area (Å²) < 4.78 is 0. The first-order valence-electron chi connectivity index (χ1n) is 6.81. The Bertz CT molecular complexity index is 499. The average Bonchev–Trinajstić information content (AvgIpc) is 2.26. The number of carbonyl (C=O) groups excluding carboxylic acids is 2. The second-order valence-electron chi connectivity index (χ2n) is 5.80. The van der Waals surface area contributed by atoms with Crippen LogP contribution in [0.2, 0.25) is 0 Å². The number of rotatable bonds is 2. The van der Waals surface area contributed by atoms with Crippen molar-refractivity contribution in [2.24, 2.45) is 11.8 Å². The Labute approximate surface area is 114 Å². The number of imide groups is 1. The maximum absolute atomic E-state index is 12.1. The molecule has 0 radical (unpaired) electrons. The molecule has 1 N–H and O–H groups in total. The van der Waals surface area contributed by atoms with Crippen LogP contribution >= 0.6 is 0 Å². The summed E-state index contributed by atoms with van der Waals surface area (Å²) in [4.78, 5) is 23.8. The van der Waals surface area contributed by atoms with Gasteiger partial charge in [-0.3, -0.25) is 14.9 Å². The first-order valence-corrected chi connectivity index (χ1v) is 6.81. The van der Waals surface area contributed by atoms with E-state index in [2.05, 4.69) is 31.3 Å². The first-order chi connectivity index (χ1) is 8.91. The van der Waals surface area contributed by atoms with Crippen molar-refractivity contribution < 1.29 is 9.59 Å². The Balaban J connectivity index is 2.50. The molecule has 19 heavy (non-hydrogen) atoms. The molecule has 1 aromatic rings. The lowest BCUT2D eigenvalue weighted by Gasteiger charge is -2.34. The molecule has 0 bridgehead atoms. The highest BCUT2D eigenvalue weighted by Crippen LogP contribution is 2.38. The van der Waals surface area contributed by atoms with Gasteiger partial charge in [0, 0.05) is 18.3 Å². The molecule has 0 spiro atoms. The van der Waals surface area contributed by atoms with Crippen molar-refractivity contribution >= 4 is 11.8 Å². The summed E-state index contributed by atoms with van der Waals surface area (Å²) in [5.41, 5.74) is 3.50. The number of hydrogen-bond acceptors (Lipinski definition) is 2. The van der Waals surface area contributed by atoms with E-state index < -0.39 is 0 Å². The topological polar surface area (TPSA) is 46.2 Å². The lowest BCUT2D eigenvalue weighted by molar-refractivity contribution is -0.138. The van der Waals surface area contributed by atoms with Crippen molar-refractivity contribution in [2.45, 2.75) is 40.0 Å². The molecule has 0 saturated carbocycles. The summed E-state index contributed by atoms with van der Waals surface area (Å²) in [6, 6.07) is 6.12.